The van der Waals surface area contributed by atoms with Crippen LogP contribution in [0.2, 0.25) is 0 Å². The molecule has 1 aromatic carbocycles. The molecule has 0 aromatic heterocycles. The molecule has 0 saturated heterocycles. The number of halogens is 1. The van der Waals surface area contributed by atoms with E-state index in [1.54, 1.807) is 7.11 Å². The fourth-order valence-corrected chi connectivity index (χ4v) is 1.95. The van der Waals surface area contributed by atoms with Crippen LogP contribution in [-0.2, 0) is 11.3 Å². The number of benzene rings is 1. The van der Waals surface area contributed by atoms with Crippen LogP contribution in [0.3, 0.4) is 0 Å². The highest BCUT2D eigenvalue weighted by Gasteiger charge is 2.13. The Morgan fingerprint density at radius 1 is 1.38 bits per heavy atom. The number of methoxy groups -OCH3 is 1. The molecule has 0 radical (unpaired) electrons. The topological polar surface area (TPSA) is 53.7 Å². The van der Waals surface area contributed by atoms with Crippen LogP contribution >= 0.6 is 15.9 Å². The summed E-state index contributed by atoms with van der Waals surface area (Å²) in [5.74, 6) is 6.50. The summed E-state index contributed by atoms with van der Waals surface area (Å²) in [6, 6.07) is 3.79. The van der Waals surface area contributed by atoms with Gasteiger partial charge in [0.15, 0.2) is 11.5 Å². The van der Waals surface area contributed by atoms with Crippen LogP contribution in [0.5, 0.6) is 11.5 Å². The predicted molar refractivity (Wildman–Crippen MR) is 65.7 cm³/mol. The molecule has 0 amide bonds. The fraction of sp³-hybridized carbons (Fsp3) is 0.455. The molecule has 0 bridgehead atoms. The number of hydrogen-bond acceptors (Lipinski definition) is 4. The molecule has 90 valence electrons. The van der Waals surface area contributed by atoms with Gasteiger partial charge in [-0.05, 0) is 19.1 Å². The van der Waals surface area contributed by atoms with Gasteiger partial charge in [-0.3, -0.25) is 0 Å². The zero-order valence-corrected chi connectivity index (χ0v) is 11.0. The Morgan fingerprint density at radius 3 is 2.69 bits per heavy atom. The molecule has 1 aromatic rings. The molecule has 4 nitrogen and oxygen atoms in total. The maximum absolute atomic E-state index is 5.59. The Labute approximate surface area is 104 Å². The Hall–Kier alpha value is -0.780. The van der Waals surface area contributed by atoms with Gasteiger partial charge in [0.25, 0.3) is 0 Å². The summed E-state index contributed by atoms with van der Waals surface area (Å²) < 4.78 is 11.8. The van der Waals surface area contributed by atoms with Crippen molar-refractivity contribution in [2.45, 2.75) is 13.3 Å². The molecule has 0 saturated carbocycles. The minimum Gasteiger partial charge on any atom is -0.493 e. The van der Waals surface area contributed by atoms with Crippen molar-refractivity contribution in [2.24, 2.45) is 5.90 Å². The van der Waals surface area contributed by atoms with E-state index < -0.39 is 0 Å². The van der Waals surface area contributed by atoms with Crippen LogP contribution in [0.4, 0.5) is 0 Å². The van der Waals surface area contributed by atoms with E-state index in [0.717, 1.165) is 21.5 Å². The van der Waals surface area contributed by atoms with Gasteiger partial charge in [-0.1, -0.05) is 15.9 Å². The second kappa shape index (κ2) is 6.73. The molecule has 0 unspecified atom stereocenters. The molecule has 0 aliphatic heterocycles. The highest BCUT2D eigenvalue weighted by atomic mass is 79.9. The molecule has 0 fully saturated rings. The van der Waals surface area contributed by atoms with Gasteiger partial charge >= 0.3 is 0 Å². The van der Waals surface area contributed by atoms with Crippen molar-refractivity contribution in [3.05, 3.63) is 22.2 Å². The van der Waals surface area contributed by atoms with Crippen molar-refractivity contribution in [1.29, 1.82) is 0 Å². The Morgan fingerprint density at radius 2 is 2.12 bits per heavy atom. The Balaban J connectivity index is 3.08. The van der Waals surface area contributed by atoms with Crippen molar-refractivity contribution < 1.29 is 14.3 Å². The van der Waals surface area contributed by atoms with Gasteiger partial charge < -0.3 is 14.3 Å². The zero-order valence-electron chi connectivity index (χ0n) is 9.46. The molecule has 0 aliphatic carbocycles. The molecule has 0 spiro atoms. The second-order valence-electron chi connectivity index (χ2n) is 3.11. The minimum atomic E-state index is 0.436. The summed E-state index contributed by atoms with van der Waals surface area (Å²) in [5.41, 5.74) is 1.01. The van der Waals surface area contributed by atoms with Crippen molar-refractivity contribution in [1.82, 2.24) is 0 Å². The normalized spacial score (nSPS) is 10.2. The first-order valence-electron chi connectivity index (χ1n) is 5.04. The number of rotatable bonds is 6. The third-order valence-corrected chi connectivity index (χ3v) is 2.89. The first-order valence-corrected chi connectivity index (χ1v) is 5.83. The average molecular weight is 290 g/mol. The highest BCUT2D eigenvalue weighted by Crippen LogP contribution is 2.36. The molecule has 2 N–H and O–H groups in total. The Kier molecular flexibility index (Phi) is 5.59. The minimum absolute atomic E-state index is 0.436. The Bertz CT molecular complexity index is 344. The number of ether oxygens (including phenoxy) is 2. The molecule has 0 aliphatic rings. The largest absolute Gasteiger partial charge is 0.493 e. The van der Waals surface area contributed by atoms with Gasteiger partial charge in [0.2, 0.25) is 0 Å². The molecule has 1 rings (SSSR count). The predicted octanol–water partition coefficient (Wildman–Crippen LogP) is 2.29. The lowest BCUT2D eigenvalue weighted by Gasteiger charge is -2.15. The lowest BCUT2D eigenvalue weighted by atomic mass is 10.1. The van der Waals surface area contributed by atoms with Crippen molar-refractivity contribution in [2.75, 3.05) is 20.3 Å². The van der Waals surface area contributed by atoms with Crippen LogP contribution in [0.1, 0.15) is 12.5 Å². The molecule has 0 heterocycles. The van der Waals surface area contributed by atoms with Gasteiger partial charge in [0.1, 0.15) is 0 Å². The van der Waals surface area contributed by atoms with E-state index in [1.807, 2.05) is 19.1 Å². The summed E-state index contributed by atoms with van der Waals surface area (Å²) >= 11 is 3.48. The average Bonchev–Trinajstić information content (AvgIpc) is 2.29. The number of hydrogen-bond donors (Lipinski definition) is 1. The summed E-state index contributed by atoms with van der Waals surface area (Å²) in [7, 11) is 1.62. The van der Waals surface area contributed by atoms with E-state index in [4.69, 9.17) is 15.4 Å². The van der Waals surface area contributed by atoms with Gasteiger partial charge in [-0.15, -0.1) is 0 Å². The van der Waals surface area contributed by atoms with E-state index in [1.165, 1.54) is 0 Å². The van der Waals surface area contributed by atoms with Crippen molar-refractivity contribution >= 4 is 15.9 Å². The van der Waals surface area contributed by atoms with Gasteiger partial charge in [0.05, 0.1) is 20.3 Å². The van der Waals surface area contributed by atoms with Crippen molar-refractivity contribution in [3.63, 3.8) is 0 Å². The van der Waals surface area contributed by atoms with E-state index >= 15 is 0 Å². The van der Waals surface area contributed by atoms with Crippen LogP contribution in [0.15, 0.2) is 16.6 Å². The maximum atomic E-state index is 5.59. The molecule has 5 heteroatoms. The summed E-state index contributed by atoms with van der Waals surface area (Å²) in [6.45, 7) is 2.96. The third kappa shape index (κ3) is 3.10. The molecular formula is C11H16BrNO3. The summed E-state index contributed by atoms with van der Waals surface area (Å²) in [6.07, 6.45) is 0.670. The quantitative estimate of drug-likeness (QED) is 0.817. The molecule has 16 heavy (non-hydrogen) atoms. The van der Waals surface area contributed by atoms with Gasteiger partial charge in [-0.2, -0.15) is 0 Å². The van der Waals surface area contributed by atoms with Crippen LogP contribution in [-0.4, -0.2) is 20.3 Å². The zero-order chi connectivity index (χ0) is 12.0. The highest BCUT2D eigenvalue weighted by molar-refractivity contribution is 9.10. The first kappa shape index (κ1) is 13.3. The van der Waals surface area contributed by atoms with E-state index in [9.17, 15) is 0 Å². The molecular weight excluding hydrogens is 274 g/mol. The third-order valence-electron chi connectivity index (χ3n) is 2.15. The SMILES string of the molecule is CCOc1c(OC)ccc(Br)c1CCON. The summed E-state index contributed by atoms with van der Waals surface area (Å²) in [5, 5.41) is 0. The smallest absolute Gasteiger partial charge is 0.165 e. The van der Waals surface area contributed by atoms with Gasteiger partial charge in [-0.25, -0.2) is 5.90 Å². The van der Waals surface area contributed by atoms with Crippen LogP contribution in [0, 0.1) is 0 Å². The van der Waals surface area contributed by atoms with Crippen LogP contribution in [0.25, 0.3) is 0 Å². The van der Waals surface area contributed by atoms with E-state index in [2.05, 4.69) is 20.8 Å². The first-order chi connectivity index (χ1) is 7.74. The fourth-order valence-electron chi connectivity index (χ4n) is 1.44. The lowest BCUT2D eigenvalue weighted by molar-refractivity contribution is 0.140. The standard InChI is InChI=1S/C11H16BrNO3/c1-3-15-11-8(6-7-16-13)9(12)4-5-10(11)14-2/h4-5H,3,6-7,13H2,1-2H3. The molecule has 0 atom stereocenters. The second-order valence-corrected chi connectivity index (χ2v) is 3.97. The maximum Gasteiger partial charge on any atom is 0.165 e. The monoisotopic (exact) mass is 289 g/mol. The summed E-state index contributed by atoms with van der Waals surface area (Å²) in [4.78, 5) is 4.59. The van der Waals surface area contributed by atoms with Gasteiger partial charge in [0, 0.05) is 16.5 Å². The van der Waals surface area contributed by atoms with E-state index in [0.29, 0.717) is 19.6 Å². The number of nitrogens with two attached hydrogens (primary N) is 1. The van der Waals surface area contributed by atoms with E-state index in [-0.39, 0.29) is 0 Å². The lowest BCUT2D eigenvalue weighted by Crippen LogP contribution is -2.07. The van der Waals surface area contributed by atoms with Crippen molar-refractivity contribution in [3.8, 4) is 11.5 Å². The van der Waals surface area contributed by atoms with Crippen LogP contribution < -0.4 is 15.4 Å².